The molecule has 1 saturated heterocycles. The van der Waals surface area contributed by atoms with E-state index in [1.165, 1.54) is 12.0 Å². The van der Waals surface area contributed by atoms with E-state index in [0.717, 1.165) is 81.4 Å². The quantitative estimate of drug-likeness (QED) is 0.192. The maximum Gasteiger partial charge on any atom is 0.157 e. The molecule has 0 atom stereocenters. The number of fused-ring (bicyclic) bond motifs is 2. The van der Waals surface area contributed by atoms with Crippen LogP contribution < -0.4 is 4.90 Å². The van der Waals surface area contributed by atoms with Crippen LogP contribution in [0, 0.1) is 13.8 Å². The highest BCUT2D eigenvalue weighted by Gasteiger charge is 2.19. The minimum Gasteiger partial charge on any atom is -0.356 e. The van der Waals surface area contributed by atoms with Crippen LogP contribution in [-0.4, -0.2) is 42.3 Å². The van der Waals surface area contributed by atoms with Gasteiger partial charge in [0.15, 0.2) is 11.3 Å². The molecule has 41 heavy (non-hydrogen) atoms. The molecule has 4 aromatic heterocycles. The Balaban J connectivity index is 0.000000149. The molecule has 6 aromatic rings. The molecular weight excluding hydrogens is 577 g/mol. The minimum atomic E-state index is 0.574. The van der Waals surface area contributed by atoms with Crippen molar-refractivity contribution in [3.63, 3.8) is 0 Å². The van der Waals surface area contributed by atoms with Gasteiger partial charge in [0.1, 0.15) is 11.0 Å². The molecule has 7 rings (SSSR count). The van der Waals surface area contributed by atoms with Gasteiger partial charge in [0.05, 0.1) is 11.4 Å². The number of aromatic nitrogens is 6. The van der Waals surface area contributed by atoms with Crippen LogP contribution in [0.4, 0.5) is 5.82 Å². The molecule has 7 nitrogen and oxygen atoms in total. The molecule has 0 aliphatic carbocycles. The molecule has 0 saturated carbocycles. The molecule has 0 amide bonds. The van der Waals surface area contributed by atoms with Crippen molar-refractivity contribution >= 4 is 51.9 Å². The first kappa shape index (κ1) is 27.5. The van der Waals surface area contributed by atoms with Crippen molar-refractivity contribution < 1.29 is 0 Å². The Bertz CT molecular complexity index is 1820. The molecule has 208 valence electrons. The Labute approximate surface area is 253 Å². The van der Waals surface area contributed by atoms with Gasteiger partial charge in [0.25, 0.3) is 0 Å². The van der Waals surface area contributed by atoms with Crippen LogP contribution in [0.3, 0.4) is 0 Å². The standard InChI is InChI=1S/C17H17ClN4.C14H11Cl2N3/c1-12-9-17(21-7-2-8-21)22-16(19-12)11-15(20-22)10-13-3-5-14(18)6-4-13;1-9-6-13(16)19-14(17-9)8-12(18-19)7-10-2-4-11(15)5-3-10/h3-6,9,11H,2,7-8,10H2,1H3;2-6,8H,7H2,1H3. The van der Waals surface area contributed by atoms with E-state index in [2.05, 4.69) is 32.1 Å². The van der Waals surface area contributed by atoms with Crippen LogP contribution in [0.25, 0.3) is 11.3 Å². The first-order valence-electron chi connectivity index (χ1n) is 13.4. The van der Waals surface area contributed by atoms with Gasteiger partial charge in [0.2, 0.25) is 0 Å². The van der Waals surface area contributed by atoms with E-state index < -0.39 is 0 Å². The van der Waals surface area contributed by atoms with E-state index in [0.29, 0.717) is 5.15 Å². The fourth-order valence-electron chi connectivity index (χ4n) is 4.80. The molecule has 0 N–H and O–H groups in total. The summed E-state index contributed by atoms with van der Waals surface area (Å²) in [5.41, 5.74) is 7.93. The molecular formula is C31H28Cl3N7. The SMILES string of the molecule is Cc1cc(Cl)n2nc(Cc3ccc(Cl)cc3)cc2n1.Cc1cc(N2CCC2)n2nc(Cc3ccc(Cl)cc3)cc2n1. The van der Waals surface area contributed by atoms with Gasteiger partial charge in [-0.25, -0.2) is 14.5 Å². The van der Waals surface area contributed by atoms with Gasteiger partial charge >= 0.3 is 0 Å². The second-order valence-corrected chi connectivity index (χ2v) is 11.5. The van der Waals surface area contributed by atoms with Crippen molar-refractivity contribution in [2.75, 3.05) is 18.0 Å². The van der Waals surface area contributed by atoms with E-state index >= 15 is 0 Å². The highest BCUT2D eigenvalue weighted by Crippen LogP contribution is 2.23. The smallest absolute Gasteiger partial charge is 0.157 e. The number of hydrogen-bond acceptors (Lipinski definition) is 5. The number of hydrogen-bond donors (Lipinski definition) is 0. The third kappa shape index (κ3) is 6.32. The van der Waals surface area contributed by atoms with Crippen LogP contribution in [-0.2, 0) is 12.8 Å². The van der Waals surface area contributed by atoms with Crippen LogP contribution in [0.2, 0.25) is 15.2 Å². The summed E-state index contributed by atoms with van der Waals surface area (Å²) in [5, 5.41) is 11.3. The molecule has 10 heteroatoms. The number of aryl methyl sites for hydroxylation is 2. The molecule has 2 aromatic carbocycles. The topological polar surface area (TPSA) is 63.6 Å². The molecule has 0 unspecified atom stereocenters. The largest absolute Gasteiger partial charge is 0.356 e. The fourth-order valence-corrected chi connectivity index (χ4v) is 5.33. The number of anilines is 1. The maximum absolute atomic E-state index is 6.14. The van der Waals surface area contributed by atoms with Crippen LogP contribution >= 0.6 is 34.8 Å². The summed E-state index contributed by atoms with van der Waals surface area (Å²) >= 11 is 18.0. The monoisotopic (exact) mass is 603 g/mol. The lowest BCUT2D eigenvalue weighted by Crippen LogP contribution is -2.38. The maximum atomic E-state index is 6.14. The molecule has 1 fully saturated rings. The minimum absolute atomic E-state index is 0.574. The predicted octanol–water partition coefficient (Wildman–Crippen LogP) is 7.43. The Morgan fingerprint density at radius 1 is 0.634 bits per heavy atom. The van der Waals surface area contributed by atoms with Crippen LogP contribution in [0.5, 0.6) is 0 Å². The lowest BCUT2D eigenvalue weighted by Gasteiger charge is -2.33. The number of halogens is 3. The second-order valence-electron chi connectivity index (χ2n) is 10.2. The van der Waals surface area contributed by atoms with Gasteiger partial charge in [-0.15, -0.1) is 0 Å². The van der Waals surface area contributed by atoms with Gasteiger partial charge in [-0.2, -0.15) is 14.7 Å². The Morgan fingerprint density at radius 2 is 1.12 bits per heavy atom. The highest BCUT2D eigenvalue weighted by atomic mass is 35.5. The summed E-state index contributed by atoms with van der Waals surface area (Å²) in [6.45, 7) is 6.16. The zero-order valence-corrected chi connectivity index (χ0v) is 25.0. The lowest BCUT2D eigenvalue weighted by atomic mass is 10.1. The molecule has 0 bridgehead atoms. The van der Waals surface area contributed by atoms with E-state index in [4.69, 9.17) is 39.9 Å². The Kier molecular flexibility index (Phi) is 7.84. The van der Waals surface area contributed by atoms with Gasteiger partial charge in [-0.1, -0.05) is 59.1 Å². The summed E-state index contributed by atoms with van der Waals surface area (Å²) in [6.07, 6.45) is 2.77. The van der Waals surface area contributed by atoms with Crippen molar-refractivity contribution in [3.8, 4) is 0 Å². The van der Waals surface area contributed by atoms with Crippen molar-refractivity contribution in [1.82, 2.24) is 29.2 Å². The Morgan fingerprint density at radius 3 is 1.63 bits per heavy atom. The van der Waals surface area contributed by atoms with Gasteiger partial charge < -0.3 is 4.90 Å². The van der Waals surface area contributed by atoms with E-state index in [9.17, 15) is 0 Å². The van der Waals surface area contributed by atoms with Gasteiger partial charge in [0, 0.05) is 65.6 Å². The van der Waals surface area contributed by atoms with Crippen LogP contribution in [0.1, 0.15) is 40.3 Å². The summed E-state index contributed by atoms with van der Waals surface area (Å²) in [5.74, 6) is 1.15. The molecule has 1 aliphatic rings. The third-order valence-electron chi connectivity index (χ3n) is 6.93. The van der Waals surface area contributed by atoms with Gasteiger partial charge in [-0.3, -0.25) is 0 Å². The van der Waals surface area contributed by atoms with E-state index in [-0.39, 0.29) is 0 Å². The summed E-state index contributed by atoms with van der Waals surface area (Å²) < 4.78 is 3.62. The summed E-state index contributed by atoms with van der Waals surface area (Å²) in [6, 6.07) is 23.6. The van der Waals surface area contributed by atoms with E-state index in [1.54, 1.807) is 10.6 Å². The Hall–Kier alpha value is -3.65. The molecule has 1 aliphatic heterocycles. The summed E-state index contributed by atoms with van der Waals surface area (Å²) in [4.78, 5) is 11.4. The first-order valence-corrected chi connectivity index (χ1v) is 14.6. The predicted molar refractivity (Wildman–Crippen MR) is 166 cm³/mol. The van der Waals surface area contributed by atoms with Crippen LogP contribution in [0.15, 0.2) is 72.8 Å². The number of rotatable bonds is 5. The molecule has 0 spiro atoms. The normalized spacial score (nSPS) is 12.9. The lowest BCUT2D eigenvalue weighted by molar-refractivity contribution is 0.598. The average molecular weight is 605 g/mol. The number of benzene rings is 2. The first-order chi connectivity index (χ1) is 19.8. The molecule has 0 radical (unpaired) electrons. The van der Waals surface area contributed by atoms with Crippen molar-refractivity contribution in [2.45, 2.75) is 33.1 Å². The zero-order chi connectivity index (χ0) is 28.5. The molecule has 5 heterocycles. The highest BCUT2D eigenvalue weighted by molar-refractivity contribution is 6.31. The van der Waals surface area contributed by atoms with E-state index in [1.807, 2.05) is 73.0 Å². The van der Waals surface area contributed by atoms with Crippen molar-refractivity contribution in [3.05, 3.63) is 122 Å². The second kappa shape index (κ2) is 11.7. The third-order valence-corrected chi connectivity index (χ3v) is 7.70. The summed E-state index contributed by atoms with van der Waals surface area (Å²) in [7, 11) is 0. The van der Waals surface area contributed by atoms with Crippen molar-refractivity contribution in [2.24, 2.45) is 0 Å². The zero-order valence-electron chi connectivity index (χ0n) is 22.7. The number of nitrogens with zero attached hydrogens (tertiary/aromatic N) is 7. The fraction of sp³-hybridized carbons (Fsp3) is 0.226. The van der Waals surface area contributed by atoms with Gasteiger partial charge in [-0.05, 0) is 61.7 Å². The average Bonchev–Trinajstić information content (AvgIpc) is 3.49. The van der Waals surface area contributed by atoms with Crippen molar-refractivity contribution in [1.29, 1.82) is 0 Å².